The highest BCUT2D eigenvalue weighted by Crippen LogP contribution is 2.39. The Balaban J connectivity index is 1.97. The van der Waals surface area contributed by atoms with Crippen molar-refractivity contribution >= 4 is 23.5 Å². The first-order chi connectivity index (χ1) is 8.50. The molecule has 1 fully saturated rings. The first kappa shape index (κ1) is 12.9. The Hall–Kier alpha value is -1.55. The molecule has 96 valence electrons. The molecule has 2 N–H and O–H groups in total. The predicted octanol–water partition coefficient (Wildman–Crippen LogP) is 2.24. The summed E-state index contributed by atoms with van der Waals surface area (Å²) < 4.78 is 0. The van der Waals surface area contributed by atoms with Gasteiger partial charge in [-0.15, -0.1) is 0 Å². The third-order valence-corrected chi connectivity index (χ3v) is 3.52. The van der Waals surface area contributed by atoms with E-state index in [1.165, 1.54) is 0 Å². The molecule has 0 aliphatic heterocycles. The molecule has 0 bridgehead atoms. The van der Waals surface area contributed by atoms with Crippen LogP contribution in [-0.2, 0) is 9.59 Å². The highest BCUT2D eigenvalue weighted by atomic mass is 35.5. The predicted molar refractivity (Wildman–Crippen MR) is 67.2 cm³/mol. The summed E-state index contributed by atoms with van der Waals surface area (Å²) in [6.07, 6.45) is 0.427. The Morgan fingerprint density at radius 1 is 1.39 bits per heavy atom. The van der Waals surface area contributed by atoms with E-state index in [9.17, 15) is 9.59 Å². The number of halogens is 1. The van der Waals surface area contributed by atoms with Crippen molar-refractivity contribution in [2.45, 2.75) is 19.4 Å². The number of carbonyl (C=O) groups excluding carboxylic acids is 1. The van der Waals surface area contributed by atoms with Crippen molar-refractivity contribution < 1.29 is 14.7 Å². The van der Waals surface area contributed by atoms with Crippen molar-refractivity contribution in [1.82, 2.24) is 5.32 Å². The lowest BCUT2D eigenvalue weighted by Crippen LogP contribution is -2.29. The molecule has 0 heterocycles. The Bertz CT molecular complexity index is 489. The van der Waals surface area contributed by atoms with Gasteiger partial charge in [0.2, 0.25) is 5.91 Å². The highest BCUT2D eigenvalue weighted by molar-refractivity contribution is 6.31. The van der Waals surface area contributed by atoms with Gasteiger partial charge in [0.15, 0.2) is 0 Å². The molecule has 1 amide bonds. The molecular weight excluding hydrogens is 254 g/mol. The summed E-state index contributed by atoms with van der Waals surface area (Å²) in [5.74, 6) is -2.04. The van der Waals surface area contributed by atoms with Crippen LogP contribution in [0.5, 0.6) is 0 Å². The number of amides is 1. The van der Waals surface area contributed by atoms with Crippen LogP contribution in [0.1, 0.15) is 24.9 Å². The fraction of sp³-hybridized carbons (Fsp3) is 0.385. The first-order valence-corrected chi connectivity index (χ1v) is 6.16. The van der Waals surface area contributed by atoms with Gasteiger partial charge in [0.05, 0.1) is 17.9 Å². The van der Waals surface area contributed by atoms with E-state index in [-0.39, 0.29) is 11.9 Å². The van der Waals surface area contributed by atoms with Crippen molar-refractivity contribution in [3.63, 3.8) is 0 Å². The van der Waals surface area contributed by atoms with E-state index in [0.717, 1.165) is 5.56 Å². The number of carboxylic acids is 1. The SMILES string of the molecule is C[C@H](NC(=O)C1CC1C(=O)O)c1ccccc1Cl. The number of rotatable bonds is 4. The second-order valence-corrected chi connectivity index (χ2v) is 4.95. The van der Waals surface area contributed by atoms with Crippen LogP contribution < -0.4 is 5.32 Å². The minimum atomic E-state index is -0.902. The van der Waals surface area contributed by atoms with Gasteiger partial charge in [-0.25, -0.2) is 0 Å². The van der Waals surface area contributed by atoms with E-state index in [1.54, 1.807) is 6.07 Å². The fourth-order valence-electron chi connectivity index (χ4n) is 1.98. The summed E-state index contributed by atoms with van der Waals surface area (Å²) in [6.45, 7) is 1.83. The average Bonchev–Trinajstić information content (AvgIpc) is 3.09. The smallest absolute Gasteiger partial charge is 0.307 e. The fourth-order valence-corrected chi connectivity index (χ4v) is 2.28. The third-order valence-electron chi connectivity index (χ3n) is 3.17. The molecule has 0 aromatic heterocycles. The second kappa shape index (κ2) is 4.98. The highest BCUT2D eigenvalue weighted by Gasteiger charge is 2.48. The molecule has 1 aliphatic rings. The largest absolute Gasteiger partial charge is 0.481 e. The lowest BCUT2D eigenvalue weighted by Gasteiger charge is -2.15. The molecule has 1 aromatic carbocycles. The number of carbonyl (C=O) groups is 2. The van der Waals surface area contributed by atoms with Crippen LogP contribution in [0, 0.1) is 11.8 Å². The number of carboxylic acid groups (broad SMARTS) is 1. The quantitative estimate of drug-likeness (QED) is 0.879. The summed E-state index contributed by atoms with van der Waals surface area (Å²) in [5.41, 5.74) is 0.833. The van der Waals surface area contributed by atoms with Gasteiger partial charge in [0.25, 0.3) is 0 Å². The summed E-state index contributed by atoms with van der Waals surface area (Å²) in [5, 5.41) is 12.2. The Labute approximate surface area is 110 Å². The van der Waals surface area contributed by atoms with Gasteiger partial charge in [-0.3, -0.25) is 9.59 Å². The first-order valence-electron chi connectivity index (χ1n) is 5.78. The Morgan fingerprint density at radius 3 is 2.61 bits per heavy atom. The average molecular weight is 268 g/mol. The molecule has 1 saturated carbocycles. The molecule has 2 rings (SSSR count). The maximum absolute atomic E-state index is 11.8. The van der Waals surface area contributed by atoms with E-state index in [1.807, 2.05) is 25.1 Å². The van der Waals surface area contributed by atoms with Gasteiger partial charge in [0, 0.05) is 5.02 Å². The topological polar surface area (TPSA) is 66.4 Å². The monoisotopic (exact) mass is 267 g/mol. The van der Waals surface area contributed by atoms with E-state index in [2.05, 4.69) is 5.32 Å². The molecule has 4 nitrogen and oxygen atoms in total. The maximum Gasteiger partial charge on any atom is 0.307 e. The van der Waals surface area contributed by atoms with E-state index in [0.29, 0.717) is 11.4 Å². The molecule has 1 aliphatic carbocycles. The summed E-state index contributed by atoms with van der Waals surface area (Å²) in [6, 6.07) is 7.05. The van der Waals surface area contributed by atoms with Crippen LogP contribution in [0.3, 0.4) is 0 Å². The zero-order valence-electron chi connectivity index (χ0n) is 9.89. The van der Waals surface area contributed by atoms with Crippen molar-refractivity contribution in [2.75, 3.05) is 0 Å². The molecule has 3 atom stereocenters. The van der Waals surface area contributed by atoms with Gasteiger partial charge in [-0.1, -0.05) is 29.8 Å². The van der Waals surface area contributed by atoms with Gasteiger partial charge in [0.1, 0.15) is 0 Å². The lowest BCUT2D eigenvalue weighted by atomic mass is 10.1. The summed E-state index contributed by atoms with van der Waals surface area (Å²) in [4.78, 5) is 22.5. The third kappa shape index (κ3) is 2.64. The molecular formula is C13H14ClNO3. The summed E-state index contributed by atoms with van der Waals surface area (Å²) >= 11 is 6.03. The lowest BCUT2D eigenvalue weighted by molar-refractivity contribution is -0.140. The molecule has 18 heavy (non-hydrogen) atoms. The second-order valence-electron chi connectivity index (χ2n) is 4.54. The summed E-state index contributed by atoms with van der Waals surface area (Å²) in [7, 11) is 0. The van der Waals surface area contributed by atoms with Crippen molar-refractivity contribution in [3.8, 4) is 0 Å². The van der Waals surface area contributed by atoms with Crippen LogP contribution in [0.25, 0.3) is 0 Å². The molecule has 0 spiro atoms. The molecule has 0 saturated heterocycles. The Morgan fingerprint density at radius 2 is 2.06 bits per heavy atom. The zero-order valence-corrected chi connectivity index (χ0v) is 10.6. The molecule has 0 radical (unpaired) electrons. The van der Waals surface area contributed by atoms with Crippen LogP contribution in [-0.4, -0.2) is 17.0 Å². The number of benzene rings is 1. The normalized spacial score (nSPS) is 23.2. The van der Waals surface area contributed by atoms with Crippen LogP contribution in [0.2, 0.25) is 5.02 Å². The number of hydrogen-bond donors (Lipinski definition) is 2. The van der Waals surface area contributed by atoms with Crippen molar-refractivity contribution in [1.29, 1.82) is 0 Å². The number of hydrogen-bond acceptors (Lipinski definition) is 2. The van der Waals surface area contributed by atoms with Crippen molar-refractivity contribution in [3.05, 3.63) is 34.9 Å². The van der Waals surface area contributed by atoms with Gasteiger partial charge in [-0.05, 0) is 25.0 Å². The molecule has 2 unspecified atom stereocenters. The minimum absolute atomic E-state index is 0.213. The van der Waals surface area contributed by atoms with Crippen LogP contribution >= 0.6 is 11.6 Å². The maximum atomic E-state index is 11.8. The molecule has 5 heteroatoms. The van der Waals surface area contributed by atoms with Crippen molar-refractivity contribution in [2.24, 2.45) is 11.8 Å². The molecule has 1 aromatic rings. The van der Waals surface area contributed by atoms with E-state index in [4.69, 9.17) is 16.7 Å². The van der Waals surface area contributed by atoms with Gasteiger partial charge >= 0.3 is 5.97 Å². The van der Waals surface area contributed by atoms with Crippen LogP contribution in [0.4, 0.5) is 0 Å². The van der Waals surface area contributed by atoms with Gasteiger partial charge < -0.3 is 10.4 Å². The van der Waals surface area contributed by atoms with E-state index >= 15 is 0 Å². The van der Waals surface area contributed by atoms with E-state index < -0.39 is 17.8 Å². The van der Waals surface area contributed by atoms with Crippen LogP contribution in [0.15, 0.2) is 24.3 Å². The Kier molecular flexibility index (Phi) is 3.57. The standard InChI is InChI=1S/C13H14ClNO3/c1-7(8-4-2-3-5-11(8)14)15-12(16)9-6-10(9)13(17)18/h2-5,7,9-10H,6H2,1H3,(H,15,16)(H,17,18)/t7-,9?,10?/m0/s1. The zero-order chi connectivity index (χ0) is 13.3. The van der Waals surface area contributed by atoms with Gasteiger partial charge in [-0.2, -0.15) is 0 Å². The number of aliphatic carboxylic acids is 1. The number of nitrogens with one attached hydrogen (secondary N) is 1. The minimum Gasteiger partial charge on any atom is -0.481 e.